The molecule has 0 aromatic carbocycles. The highest BCUT2D eigenvalue weighted by Crippen LogP contribution is 2.14. The summed E-state index contributed by atoms with van der Waals surface area (Å²) in [6, 6.07) is 0. The molecule has 0 saturated carbocycles. The van der Waals surface area contributed by atoms with Crippen molar-refractivity contribution in [3.05, 3.63) is 0 Å². The van der Waals surface area contributed by atoms with Crippen LogP contribution in [-0.4, -0.2) is 43.8 Å². The summed E-state index contributed by atoms with van der Waals surface area (Å²) in [5, 5.41) is 3.34. The summed E-state index contributed by atoms with van der Waals surface area (Å²) < 4.78 is 4.87. The Labute approximate surface area is 78.2 Å². The number of carbonyl (C=O) groups is 1. The molecule has 2 saturated heterocycles. The molecule has 0 aliphatic carbocycles. The number of nitrogens with one attached hydrogen (secondary N) is 1. The van der Waals surface area contributed by atoms with Gasteiger partial charge in [0.1, 0.15) is 6.61 Å². The third-order valence-electron chi connectivity index (χ3n) is 2.72. The van der Waals surface area contributed by atoms with Crippen LogP contribution < -0.4 is 5.32 Å². The van der Waals surface area contributed by atoms with Crippen molar-refractivity contribution in [2.75, 3.05) is 32.8 Å². The lowest BCUT2D eigenvalue weighted by Gasteiger charge is -2.25. The number of hydrogen-bond donors (Lipinski definition) is 1. The highest BCUT2D eigenvalue weighted by Gasteiger charge is 2.25. The normalized spacial score (nSPS) is 29.1. The second-order valence-corrected chi connectivity index (χ2v) is 3.77. The fourth-order valence-corrected chi connectivity index (χ4v) is 1.98. The number of cyclic esters (lactones) is 1. The zero-order valence-electron chi connectivity index (χ0n) is 7.79. The van der Waals surface area contributed by atoms with Gasteiger partial charge in [-0.05, 0) is 31.8 Å². The Bertz CT molecular complexity index is 190. The second kappa shape index (κ2) is 3.96. The number of rotatable bonds is 2. The van der Waals surface area contributed by atoms with E-state index in [1.807, 2.05) is 4.90 Å². The van der Waals surface area contributed by atoms with Gasteiger partial charge in [-0.3, -0.25) is 0 Å². The molecule has 0 aromatic heterocycles. The summed E-state index contributed by atoms with van der Waals surface area (Å²) in [7, 11) is 0. The minimum atomic E-state index is -0.134. The summed E-state index contributed by atoms with van der Waals surface area (Å²) in [5.74, 6) is 0.624. The lowest BCUT2D eigenvalue weighted by atomic mass is 9.99. The summed E-state index contributed by atoms with van der Waals surface area (Å²) in [4.78, 5) is 12.9. The van der Waals surface area contributed by atoms with Crippen molar-refractivity contribution < 1.29 is 9.53 Å². The fourth-order valence-electron chi connectivity index (χ4n) is 1.98. The van der Waals surface area contributed by atoms with Crippen LogP contribution >= 0.6 is 0 Å². The van der Waals surface area contributed by atoms with Crippen LogP contribution in [0.2, 0.25) is 0 Å². The van der Waals surface area contributed by atoms with Crippen molar-refractivity contribution in [3.63, 3.8) is 0 Å². The zero-order valence-corrected chi connectivity index (χ0v) is 7.79. The Morgan fingerprint density at radius 2 is 2.54 bits per heavy atom. The molecule has 0 aromatic rings. The maximum atomic E-state index is 11.1. The van der Waals surface area contributed by atoms with Crippen molar-refractivity contribution in [3.8, 4) is 0 Å². The van der Waals surface area contributed by atoms with Crippen LogP contribution in [0.5, 0.6) is 0 Å². The van der Waals surface area contributed by atoms with E-state index in [-0.39, 0.29) is 6.09 Å². The number of nitrogens with zero attached hydrogens (tertiary/aromatic N) is 1. The second-order valence-electron chi connectivity index (χ2n) is 3.77. The lowest BCUT2D eigenvalue weighted by Crippen LogP contribution is -2.38. The van der Waals surface area contributed by atoms with Gasteiger partial charge in [0.05, 0.1) is 6.54 Å². The zero-order chi connectivity index (χ0) is 9.10. The quantitative estimate of drug-likeness (QED) is 0.677. The van der Waals surface area contributed by atoms with Gasteiger partial charge in [-0.25, -0.2) is 4.79 Å². The third-order valence-corrected chi connectivity index (χ3v) is 2.72. The summed E-state index contributed by atoms with van der Waals surface area (Å²) >= 11 is 0. The van der Waals surface area contributed by atoms with Crippen LogP contribution in [0.4, 0.5) is 4.79 Å². The van der Waals surface area contributed by atoms with Crippen LogP contribution in [0.25, 0.3) is 0 Å². The molecule has 4 nitrogen and oxygen atoms in total. The van der Waals surface area contributed by atoms with Gasteiger partial charge in [0.25, 0.3) is 0 Å². The van der Waals surface area contributed by atoms with Crippen molar-refractivity contribution in [2.24, 2.45) is 5.92 Å². The van der Waals surface area contributed by atoms with E-state index < -0.39 is 0 Å². The fraction of sp³-hybridized carbons (Fsp3) is 0.889. The monoisotopic (exact) mass is 184 g/mol. The number of amides is 1. The van der Waals surface area contributed by atoms with Crippen LogP contribution in [-0.2, 0) is 4.74 Å². The first-order chi connectivity index (χ1) is 6.36. The minimum Gasteiger partial charge on any atom is -0.448 e. The summed E-state index contributed by atoms with van der Waals surface area (Å²) in [6.07, 6.45) is 2.33. The first kappa shape index (κ1) is 8.81. The third kappa shape index (κ3) is 2.12. The van der Waals surface area contributed by atoms with Gasteiger partial charge in [-0.15, -0.1) is 0 Å². The molecule has 4 heteroatoms. The first-order valence-corrected chi connectivity index (χ1v) is 4.98. The SMILES string of the molecule is O=C1OCCN1CC1CCCNC1. The van der Waals surface area contributed by atoms with Gasteiger partial charge in [-0.1, -0.05) is 0 Å². The predicted molar refractivity (Wildman–Crippen MR) is 48.5 cm³/mol. The molecule has 74 valence electrons. The minimum absolute atomic E-state index is 0.134. The Hall–Kier alpha value is -0.770. The van der Waals surface area contributed by atoms with Crippen LogP contribution in [0.1, 0.15) is 12.8 Å². The maximum Gasteiger partial charge on any atom is 0.409 e. The predicted octanol–water partition coefficient (Wildman–Crippen LogP) is 0.438. The van der Waals surface area contributed by atoms with Gasteiger partial charge in [0.15, 0.2) is 0 Å². The van der Waals surface area contributed by atoms with Crippen LogP contribution in [0.3, 0.4) is 0 Å². The standard InChI is InChI=1S/C9H16N2O2/c12-9-11(4-5-13-9)7-8-2-1-3-10-6-8/h8,10H,1-7H2. The molecule has 1 unspecified atom stereocenters. The van der Waals surface area contributed by atoms with E-state index in [4.69, 9.17) is 4.74 Å². The molecule has 2 aliphatic rings. The Kier molecular flexibility index (Phi) is 2.68. The molecule has 0 bridgehead atoms. The van der Waals surface area contributed by atoms with Crippen LogP contribution in [0.15, 0.2) is 0 Å². The summed E-state index contributed by atoms with van der Waals surface area (Å²) in [5.41, 5.74) is 0. The average Bonchev–Trinajstić information content (AvgIpc) is 2.54. The van der Waals surface area contributed by atoms with Crippen molar-refractivity contribution in [1.82, 2.24) is 10.2 Å². The molecule has 1 amide bonds. The Morgan fingerprint density at radius 1 is 1.62 bits per heavy atom. The Morgan fingerprint density at radius 3 is 3.15 bits per heavy atom. The van der Waals surface area contributed by atoms with Gasteiger partial charge < -0.3 is 15.0 Å². The topological polar surface area (TPSA) is 41.6 Å². The molecule has 2 aliphatic heterocycles. The van der Waals surface area contributed by atoms with Gasteiger partial charge in [0.2, 0.25) is 0 Å². The molecule has 2 fully saturated rings. The molecule has 1 N–H and O–H groups in total. The molecule has 13 heavy (non-hydrogen) atoms. The average molecular weight is 184 g/mol. The maximum absolute atomic E-state index is 11.1. The van der Waals surface area contributed by atoms with Gasteiger partial charge >= 0.3 is 6.09 Å². The summed E-state index contributed by atoms with van der Waals surface area (Å²) in [6.45, 7) is 4.38. The van der Waals surface area contributed by atoms with Gasteiger partial charge in [0, 0.05) is 6.54 Å². The van der Waals surface area contributed by atoms with Crippen LogP contribution in [0, 0.1) is 5.92 Å². The smallest absolute Gasteiger partial charge is 0.409 e. The molecular weight excluding hydrogens is 168 g/mol. The number of piperidine rings is 1. The molecule has 0 radical (unpaired) electrons. The molecule has 2 rings (SSSR count). The van der Waals surface area contributed by atoms with E-state index in [0.29, 0.717) is 12.5 Å². The molecule has 0 spiro atoms. The molecule has 2 heterocycles. The van der Waals surface area contributed by atoms with E-state index in [1.54, 1.807) is 0 Å². The van der Waals surface area contributed by atoms with Crippen molar-refractivity contribution in [1.29, 1.82) is 0 Å². The van der Waals surface area contributed by atoms with E-state index in [0.717, 1.165) is 26.2 Å². The largest absolute Gasteiger partial charge is 0.448 e. The first-order valence-electron chi connectivity index (χ1n) is 4.98. The lowest BCUT2D eigenvalue weighted by molar-refractivity contribution is 0.152. The van der Waals surface area contributed by atoms with Gasteiger partial charge in [-0.2, -0.15) is 0 Å². The number of ether oxygens (including phenoxy) is 1. The number of carbonyl (C=O) groups excluding carboxylic acids is 1. The van der Waals surface area contributed by atoms with E-state index in [9.17, 15) is 4.79 Å². The number of hydrogen-bond acceptors (Lipinski definition) is 3. The van der Waals surface area contributed by atoms with Crippen molar-refractivity contribution >= 4 is 6.09 Å². The molecular formula is C9H16N2O2. The van der Waals surface area contributed by atoms with E-state index in [1.165, 1.54) is 12.8 Å². The van der Waals surface area contributed by atoms with Crippen molar-refractivity contribution in [2.45, 2.75) is 12.8 Å². The highest BCUT2D eigenvalue weighted by molar-refractivity contribution is 5.69. The van der Waals surface area contributed by atoms with E-state index in [2.05, 4.69) is 5.32 Å². The Balaban J connectivity index is 1.79. The molecule has 1 atom stereocenters. The highest BCUT2D eigenvalue weighted by atomic mass is 16.6. The van der Waals surface area contributed by atoms with E-state index >= 15 is 0 Å².